The third-order valence-electron chi connectivity index (χ3n) is 3.12. The van der Waals surface area contributed by atoms with E-state index in [0.717, 1.165) is 30.5 Å². The van der Waals surface area contributed by atoms with Gasteiger partial charge in [-0.25, -0.2) is 0 Å². The first-order valence-electron chi connectivity index (χ1n) is 5.78. The van der Waals surface area contributed by atoms with Gasteiger partial charge in [-0.3, -0.25) is 4.79 Å². The lowest BCUT2D eigenvalue weighted by Gasteiger charge is -2.17. The maximum absolute atomic E-state index is 12.3. The van der Waals surface area contributed by atoms with Crippen LogP contribution in [-0.4, -0.2) is 39.4 Å². The van der Waals surface area contributed by atoms with Gasteiger partial charge in [-0.1, -0.05) is 15.9 Å². The van der Waals surface area contributed by atoms with Crippen LogP contribution < -0.4 is 0 Å². The van der Waals surface area contributed by atoms with E-state index in [0.29, 0.717) is 17.2 Å². The maximum atomic E-state index is 12.3. The minimum atomic E-state index is 0.0870. The predicted molar refractivity (Wildman–Crippen MR) is 69.3 cm³/mol. The fourth-order valence-electron chi connectivity index (χ4n) is 2.08. The molecule has 1 aliphatic heterocycles. The zero-order valence-electron chi connectivity index (χ0n) is 10.1. The monoisotopic (exact) mass is 297 g/mol. The Kier molecular flexibility index (Phi) is 3.76. The smallest absolute Gasteiger partial charge is 0.255 e. The first kappa shape index (κ1) is 12.5. The van der Waals surface area contributed by atoms with Crippen molar-refractivity contribution in [1.82, 2.24) is 15.1 Å². The van der Waals surface area contributed by atoms with Gasteiger partial charge in [0.2, 0.25) is 0 Å². The molecule has 17 heavy (non-hydrogen) atoms. The van der Waals surface area contributed by atoms with Gasteiger partial charge in [0.15, 0.2) is 0 Å². The number of aromatic nitrogens is 2. The summed E-state index contributed by atoms with van der Waals surface area (Å²) < 4.78 is 0. The predicted octanol–water partition coefficient (Wildman–Crippen LogP) is 1.95. The maximum Gasteiger partial charge on any atom is 0.255 e. The highest BCUT2D eigenvalue weighted by Gasteiger charge is 2.27. The molecular formula is C12H16BrN3O. The number of alkyl halides is 1. The van der Waals surface area contributed by atoms with Gasteiger partial charge in [0, 0.05) is 18.4 Å². The molecule has 92 valence electrons. The van der Waals surface area contributed by atoms with Gasteiger partial charge in [-0.15, -0.1) is 0 Å². The van der Waals surface area contributed by atoms with E-state index in [2.05, 4.69) is 26.1 Å². The van der Waals surface area contributed by atoms with E-state index >= 15 is 0 Å². The van der Waals surface area contributed by atoms with Crippen molar-refractivity contribution in [2.75, 3.05) is 18.4 Å². The Morgan fingerprint density at radius 2 is 2.29 bits per heavy atom. The second kappa shape index (κ2) is 5.12. The van der Waals surface area contributed by atoms with Gasteiger partial charge in [-0.2, -0.15) is 10.2 Å². The van der Waals surface area contributed by atoms with Crippen LogP contribution in [0.3, 0.4) is 0 Å². The van der Waals surface area contributed by atoms with Gasteiger partial charge >= 0.3 is 0 Å². The minimum Gasteiger partial charge on any atom is -0.338 e. The molecular weight excluding hydrogens is 282 g/mol. The number of hydrogen-bond donors (Lipinski definition) is 0. The highest BCUT2D eigenvalue weighted by molar-refractivity contribution is 9.09. The van der Waals surface area contributed by atoms with Crippen molar-refractivity contribution in [3.05, 3.63) is 23.0 Å². The molecule has 0 spiro atoms. The van der Waals surface area contributed by atoms with Gasteiger partial charge < -0.3 is 4.90 Å². The Morgan fingerprint density at radius 1 is 1.53 bits per heavy atom. The van der Waals surface area contributed by atoms with Gasteiger partial charge in [-0.05, 0) is 32.3 Å². The Bertz CT molecular complexity index is 436. The fraction of sp³-hybridized carbons (Fsp3) is 0.583. The quantitative estimate of drug-likeness (QED) is 0.784. The van der Waals surface area contributed by atoms with Crippen molar-refractivity contribution in [2.45, 2.75) is 20.3 Å². The largest absolute Gasteiger partial charge is 0.338 e. The summed E-state index contributed by atoms with van der Waals surface area (Å²) in [6.45, 7) is 5.37. The topological polar surface area (TPSA) is 46.1 Å². The lowest BCUT2D eigenvalue weighted by Crippen LogP contribution is -2.29. The Labute approximate surface area is 110 Å². The summed E-state index contributed by atoms with van der Waals surface area (Å²) in [6.07, 6.45) is 1.08. The van der Waals surface area contributed by atoms with Crippen LogP contribution in [0.1, 0.15) is 28.2 Å². The molecule has 0 aliphatic carbocycles. The Morgan fingerprint density at radius 3 is 2.94 bits per heavy atom. The van der Waals surface area contributed by atoms with E-state index in [4.69, 9.17) is 0 Å². The second-order valence-corrected chi connectivity index (χ2v) is 5.19. The summed E-state index contributed by atoms with van der Waals surface area (Å²) in [4.78, 5) is 14.2. The molecule has 1 fully saturated rings. The molecule has 5 heteroatoms. The van der Waals surface area contributed by atoms with Crippen molar-refractivity contribution in [3.8, 4) is 0 Å². The molecule has 1 amide bonds. The number of hydrogen-bond acceptors (Lipinski definition) is 3. The normalized spacial score (nSPS) is 19.7. The average molecular weight is 298 g/mol. The third-order valence-corrected chi connectivity index (χ3v) is 4.04. The van der Waals surface area contributed by atoms with Crippen LogP contribution in [0.2, 0.25) is 0 Å². The molecule has 0 radical (unpaired) electrons. The molecule has 0 saturated carbocycles. The van der Waals surface area contributed by atoms with E-state index in [1.54, 1.807) is 0 Å². The van der Waals surface area contributed by atoms with E-state index in [-0.39, 0.29) is 5.91 Å². The summed E-state index contributed by atoms with van der Waals surface area (Å²) >= 11 is 3.47. The van der Waals surface area contributed by atoms with Gasteiger partial charge in [0.25, 0.3) is 5.91 Å². The van der Waals surface area contributed by atoms with Gasteiger partial charge in [0.1, 0.15) is 0 Å². The summed E-state index contributed by atoms with van der Waals surface area (Å²) in [5.41, 5.74) is 2.19. The number of carbonyl (C=O) groups excluding carboxylic acids is 1. The molecule has 1 aromatic rings. The van der Waals surface area contributed by atoms with E-state index in [1.807, 2.05) is 24.8 Å². The van der Waals surface area contributed by atoms with Crippen LogP contribution in [0, 0.1) is 19.8 Å². The van der Waals surface area contributed by atoms with Crippen LogP contribution >= 0.6 is 15.9 Å². The molecule has 2 rings (SSSR count). The minimum absolute atomic E-state index is 0.0870. The molecule has 1 aromatic heterocycles. The molecule has 4 nitrogen and oxygen atoms in total. The lowest BCUT2D eigenvalue weighted by molar-refractivity contribution is 0.0787. The zero-order chi connectivity index (χ0) is 12.4. The summed E-state index contributed by atoms with van der Waals surface area (Å²) in [5, 5.41) is 8.92. The van der Waals surface area contributed by atoms with Crippen molar-refractivity contribution < 1.29 is 4.79 Å². The summed E-state index contributed by atoms with van der Waals surface area (Å²) in [6, 6.07) is 1.83. The first-order valence-corrected chi connectivity index (χ1v) is 6.90. The third kappa shape index (κ3) is 2.65. The molecule has 1 atom stereocenters. The Balaban J connectivity index is 2.17. The molecule has 1 unspecified atom stereocenters. The van der Waals surface area contributed by atoms with E-state index in [1.165, 1.54) is 0 Å². The zero-order valence-corrected chi connectivity index (χ0v) is 11.7. The Hall–Kier alpha value is -0.970. The van der Waals surface area contributed by atoms with Crippen molar-refractivity contribution in [3.63, 3.8) is 0 Å². The highest BCUT2D eigenvalue weighted by atomic mass is 79.9. The highest BCUT2D eigenvalue weighted by Crippen LogP contribution is 2.21. The van der Waals surface area contributed by atoms with Crippen LogP contribution in [-0.2, 0) is 0 Å². The number of likely N-dealkylation sites (tertiary alicyclic amines) is 1. The van der Waals surface area contributed by atoms with Crippen molar-refractivity contribution in [2.24, 2.45) is 5.92 Å². The second-order valence-electron chi connectivity index (χ2n) is 4.54. The lowest BCUT2D eigenvalue weighted by atomic mass is 10.1. The molecule has 0 N–H and O–H groups in total. The number of halogens is 1. The van der Waals surface area contributed by atoms with E-state index < -0.39 is 0 Å². The standard InChI is InChI=1S/C12H16BrN3O/c1-8-5-11(9(2)15-14-8)12(17)16-4-3-10(6-13)7-16/h5,10H,3-4,6-7H2,1-2H3. The fourth-order valence-corrected chi connectivity index (χ4v) is 2.61. The van der Waals surface area contributed by atoms with Crippen LogP contribution in [0.25, 0.3) is 0 Å². The molecule has 1 saturated heterocycles. The van der Waals surface area contributed by atoms with Crippen molar-refractivity contribution in [1.29, 1.82) is 0 Å². The van der Waals surface area contributed by atoms with Gasteiger partial charge in [0.05, 0.1) is 17.0 Å². The number of carbonyl (C=O) groups is 1. The first-order chi connectivity index (χ1) is 8.11. The molecule has 0 aromatic carbocycles. The molecule has 2 heterocycles. The molecule has 0 bridgehead atoms. The number of rotatable bonds is 2. The van der Waals surface area contributed by atoms with Crippen molar-refractivity contribution >= 4 is 21.8 Å². The average Bonchev–Trinajstić information content (AvgIpc) is 2.80. The summed E-state index contributed by atoms with van der Waals surface area (Å²) in [5.74, 6) is 0.666. The SMILES string of the molecule is Cc1cc(C(=O)N2CCC(CBr)C2)c(C)nn1. The van der Waals surface area contributed by atoms with Crippen LogP contribution in [0.15, 0.2) is 6.07 Å². The molecule has 1 aliphatic rings. The van der Waals surface area contributed by atoms with E-state index in [9.17, 15) is 4.79 Å². The van der Waals surface area contributed by atoms with Crippen LogP contribution in [0.4, 0.5) is 0 Å². The number of nitrogens with zero attached hydrogens (tertiary/aromatic N) is 3. The number of aryl methyl sites for hydroxylation is 2. The van der Waals surface area contributed by atoms with Crippen LogP contribution in [0.5, 0.6) is 0 Å². The summed E-state index contributed by atoms with van der Waals surface area (Å²) in [7, 11) is 0. The number of amides is 1.